The van der Waals surface area contributed by atoms with Crippen LogP contribution in [0.4, 0.5) is 11.4 Å². The fraction of sp³-hybridized carbons (Fsp3) is 0.458. The van der Waals surface area contributed by atoms with Crippen LogP contribution in [0.15, 0.2) is 42.5 Å². The van der Waals surface area contributed by atoms with Crippen molar-refractivity contribution in [1.29, 1.82) is 0 Å². The van der Waals surface area contributed by atoms with Gasteiger partial charge in [-0.2, -0.15) is 0 Å². The normalized spacial score (nSPS) is 16.6. The molecule has 29 heavy (non-hydrogen) atoms. The average molecular weight is 394 g/mol. The third-order valence-corrected chi connectivity index (χ3v) is 5.80. The number of anilines is 2. The van der Waals surface area contributed by atoms with Crippen molar-refractivity contribution in [3.63, 3.8) is 0 Å². The Hall–Kier alpha value is -2.53. The number of fused-ring (bicyclic) bond motifs is 1. The number of hydrogen-bond acceptors (Lipinski definition) is 4. The molecule has 4 rings (SSSR count). The van der Waals surface area contributed by atoms with Gasteiger partial charge >= 0.3 is 0 Å². The fourth-order valence-corrected chi connectivity index (χ4v) is 4.17. The molecule has 1 amide bonds. The summed E-state index contributed by atoms with van der Waals surface area (Å²) in [6.45, 7) is 8.36. The number of amides is 1. The highest BCUT2D eigenvalue weighted by Gasteiger charge is 2.18. The molecule has 0 atom stereocenters. The molecular formula is C24H31N3O2. The first-order valence-electron chi connectivity index (χ1n) is 10.8. The van der Waals surface area contributed by atoms with Gasteiger partial charge in [-0.15, -0.1) is 0 Å². The van der Waals surface area contributed by atoms with E-state index in [0.29, 0.717) is 13.0 Å². The number of ether oxygens (including phenoxy) is 1. The first-order chi connectivity index (χ1) is 14.2. The van der Waals surface area contributed by atoms with E-state index < -0.39 is 0 Å². The summed E-state index contributed by atoms with van der Waals surface area (Å²) < 4.78 is 5.90. The van der Waals surface area contributed by atoms with Gasteiger partial charge in [-0.05, 0) is 54.3 Å². The molecule has 0 radical (unpaired) electrons. The number of piperazine rings is 1. The third kappa shape index (κ3) is 5.10. The monoisotopic (exact) mass is 393 g/mol. The molecule has 0 spiro atoms. The van der Waals surface area contributed by atoms with Crippen LogP contribution in [-0.2, 0) is 17.6 Å². The van der Waals surface area contributed by atoms with E-state index in [0.717, 1.165) is 62.6 Å². The van der Waals surface area contributed by atoms with Crippen LogP contribution in [0, 0.1) is 0 Å². The zero-order valence-corrected chi connectivity index (χ0v) is 17.3. The predicted molar refractivity (Wildman–Crippen MR) is 118 cm³/mol. The van der Waals surface area contributed by atoms with Crippen molar-refractivity contribution in [2.45, 2.75) is 32.6 Å². The van der Waals surface area contributed by atoms with E-state index in [1.165, 1.54) is 17.7 Å². The minimum absolute atomic E-state index is 0.0631. The van der Waals surface area contributed by atoms with Crippen molar-refractivity contribution in [3.05, 3.63) is 53.6 Å². The smallest absolute Gasteiger partial charge is 0.228 e. The number of hydrogen-bond donors (Lipinski definition) is 1. The van der Waals surface area contributed by atoms with Crippen LogP contribution in [0.3, 0.4) is 0 Å². The topological polar surface area (TPSA) is 44.8 Å². The standard InChI is InChI=1S/C24H31N3O2/c1-2-4-19-5-7-21(8-6-19)27-14-12-26(13-15-27)11-3-16-29-22-9-10-23-20(17-22)18-24(28)25-23/h5-10,17H,2-4,11-16,18H2,1H3,(H,25,28). The highest BCUT2D eigenvalue weighted by atomic mass is 16.5. The second-order valence-electron chi connectivity index (χ2n) is 7.99. The van der Waals surface area contributed by atoms with Gasteiger partial charge in [-0.25, -0.2) is 0 Å². The molecule has 2 aliphatic heterocycles. The van der Waals surface area contributed by atoms with Gasteiger partial charge in [0.2, 0.25) is 5.91 Å². The SMILES string of the molecule is CCCc1ccc(N2CCN(CCCOc3ccc4c(c3)CC(=O)N4)CC2)cc1. The quantitative estimate of drug-likeness (QED) is 0.694. The summed E-state index contributed by atoms with van der Waals surface area (Å²) in [5.74, 6) is 0.921. The maximum Gasteiger partial charge on any atom is 0.228 e. The molecule has 2 heterocycles. The molecule has 0 aromatic heterocycles. The lowest BCUT2D eigenvalue weighted by atomic mass is 10.1. The number of rotatable bonds is 8. The van der Waals surface area contributed by atoms with Crippen LogP contribution < -0.4 is 15.0 Å². The molecule has 154 valence electrons. The molecular weight excluding hydrogens is 362 g/mol. The Kier molecular flexibility index (Phi) is 6.35. The molecule has 2 aliphatic rings. The lowest BCUT2D eigenvalue weighted by molar-refractivity contribution is -0.115. The minimum atomic E-state index is 0.0631. The van der Waals surface area contributed by atoms with Gasteiger partial charge in [-0.3, -0.25) is 9.69 Å². The van der Waals surface area contributed by atoms with Crippen molar-refractivity contribution in [2.24, 2.45) is 0 Å². The van der Waals surface area contributed by atoms with Gasteiger partial charge < -0.3 is 15.0 Å². The van der Waals surface area contributed by atoms with E-state index in [9.17, 15) is 4.79 Å². The van der Waals surface area contributed by atoms with Crippen molar-refractivity contribution >= 4 is 17.3 Å². The minimum Gasteiger partial charge on any atom is -0.494 e. The molecule has 2 aromatic rings. The Morgan fingerprint density at radius 2 is 1.83 bits per heavy atom. The number of nitrogens with one attached hydrogen (secondary N) is 1. The second kappa shape index (κ2) is 9.31. The number of benzene rings is 2. The summed E-state index contributed by atoms with van der Waals surface area (Å²) in [5, 5.41) is 2.85. The molecule has 0 bridgehead atoms. The first-order valence-corrected chi connectivity index (χ1v) is 10.8. The lowest BCUT2D eigenvalue weighted by Crippen LogP contribution is -2.46. The largest absolute Gasteiger partial charge is 0.494 e. The Morgan fingerprint density at radius 1 is 1.03 bits per heavy atom. The molecule has 5 heteroatoms. The number of nitrogens with zero attached hydrogens (tertiary/aromatic N) is 2. The molecule has 0 saturated carbocycles. The Labute approximate surface area is 173 Å². The van der Waals surface area contributed by atoms with Gasteiger partial charge in [0.15, 0.2) is 0 Å². The van der Waals surface area contributed by atoms with Crippen LogP contribution in [0.1, 0.15) is 30.9 Å². The summed E-state index contributed by atoms with van der Waals surface area (Å²) >= 11 is 0. The highest BCUT2D eigenvalue weighted by Crippen LogP contribution is 2.27. The maximum atomic E-state index is 11.4. The Morgan fingerprint density at radius 3 is 2.59 bits per heavy atom. The first kappa shape index (κ1) is 19.8. The Balaban J connectivity index is 1.16. The molecule has 0 unspecified atom stereocenters. The molecule has 0 aliphatic carbocycles. The third-order valence-electron chi connectivity index (χ3n) is 5.80. The van der Waals surface area contributed by atoms with Crippen LogP contribution in [0.5, 0.6) is 5.75 Å². The zero-order chi connectivity index (χ0) is 20.1. The summed E-state index contributed by atoms with van der Waals surface area (Å²) in [7, 11) is 0. The average Bonchev–Trinajstić information content (AvgIpc) is 3.12. The van der Waals surface area contributed by atoms with Gasteiger partial charge in [0.05, 0.1) is 13.0 Å². The van der Waals surface area contributed by atoms with Crippen molar-refractivity contribution in [2.75, 3.05) is 49.5 Å². The second-order valence-corrected chi connectivity index (χ2v) is 7.99. The van der Waals surface area contributed by atoms with Crippen LogP contribution in [0.25, 0.3) is 0 Å². The summed E-state index contributed by atoms with van der Waals surface area (Å²) in [4.78, 5) is 16.5. The highest BCUT2D eigenvalue weighted by molar-refractivity contribution is 5.99. The Bertz CT molecular complexity index is 827. The van der Waals surface area contributed by atoms with Gasteiger partial charge in [-0.1, -0.05) is 25.5 Å². The van der Waals surface area contributed by atoms with Crippen LogP contribution in [0.2, 0.25) is 0 Å². The number of carbonyl (C=O) groups is 1. The summed E-state index contributed by atoms with van der Waals surface area (Å²) in [5.41, 5.74) is 4.73. The number of carbonyl (C=O) groups excluding carboxylic acids is 1. The predicted octanol–water partition coefficient (Wildman–Crippen LogP) is 3.72. The maximum absolute atomic E-state index is 11.4. The zero-order valence-electron chi connectivity index (χ0n) is 17.3. The molecule has 5 nitrogen and oxygen atoms in total. The van der Waals surface area contributed by atoms with Gasteiger partial charge in [0.1, 0.15) is 5.75 Å². The van der Waals surface area contributed by atoms with E-state index in [1.54, 1.807) is 0 Å². The molecule has 1 N–H and O–H groups in total. The molecule has 2 aromatic carbocycles. The van der Waals surface area contributed by atoms with Crippen LogP contribution >= 0.6 is 0 Å². The van der Waals surface area contributed by atoms with E-state index in [1.807, 2.05) is 18.2 Å². The van der Waals surface area contributed by atoms with Crippen molar-refractivity contribution < 1.29 is 9.53 Å². The molecule has 1 fully saturated rings. The van der Waals surface area contributed by atoms with Crippen LogP contribution in [-0.4, -0.2) is 50.1 Å². The van der Waals surface area contributed by atoms with E-state index in [4.69, 9.17) is 4.74 Å². The van der Waals surface area contributed by atoms with E-state index >= 15 is 0 Å². The summed E-state index contributed by atoms with van der Waals surface area (Å²) in [6, 6.07) is 14.9. The number of aryl methyl sites for hydroxylation is 1. The van der Waals surface area contributed by atoms with E-state index in [2.05, 4.69) is 46.3 Å². The van der Waals surface area contributed by atoms with Crippen molar-refractivity contribution in [3.8, 4) is 5.75 Å². The fourth-order valence-electron chi connectivity index (χ4n) is 4.17. The molecule has 1 saturated heterocycles. The lowest BCUT2D eigenvalue weighted by Gasteiger charge is -2.36. The van der Waals surface area contributed by atoms with E-state index in [-0.39, 0.29) is 5.91 Å². The van der Waals surface area contributed by atoms with Crippen molar-refractivity contribution in [1.82, 2.24) is 4.90 Å². The van der Waals surface area contributed by atoms with Gasteiger partial charge in [0.25, 0.3) is 0 Å². The summed E-state index contributed by atoms with van der Waals surface area (Å²) in [6.07, 6.45) is 3.83. The van der Waals surface area contributed by atoms with Gasteiger partial charge in [0, 0.05) is 44.1 Å².